The molecule has 5 nitrogen and oxygen atoms in total. The molecule has 2 rings (SSSR count). The van der Waals surface area contributed by atoms with Crippen LogP contribution in [0.3, 0.4) is 0 Å². The van der Waals surface area contributed by atoms with Gasteiger partial charge in [0.15, 0.2) is 0 Å². The van der Waals surface area contributed by atoms with Gasteiger partial charge in [0.05, 0.1) is 6.20 Å². The van der Waals surface area contributed by atoms with Gasteiger partial charge in [-0.25, -0.2) is 0 Å². The molecule has 1 fully saturated rings. The number of aromatic nitrogens is 2. The second kappa shape index (κ2) is 6.00. The molecule has 1 aliphatic rings. The van der Waals surface area contributed by atoms with E-state index >= 15 is 0 Å². The molecular formula is C13H22N4O. The third-order valence-corrected chi connectivity index (χ3v) is 3.48. The Bertz CT molecular complexity index is 395. The summed E-state index contributed by atoms with van der Waals surface area (Å²) in [7, 11) is 0. The number of aryl methyl sites for hydroxylation is 1. The van der Waals surface area contributed by atoms with Gasteiger partial charge in [-0.3, -0.25) is 14.8 Å². The summed E-state index contributed by atoms with van der Waals surface area (Å²) >= 11 is 0. The Morgan fingerprint density at radius 3 is 2.94 bits per heavy atom. The minimum absolute atomic E-state index is 0.321. The van der Waals surface area contributed by atoms with Gasteiger partial charge in [0.25, 0.3) is 0 Å². The molecule has 1 atom stereocenters. The van der Waals surface area contributed by atoms with Crippen molar-refractivity contribution >= 4 is 5.91 Å². The molecule has 100 valence electrons. The molecule has 0 spiro atoms. The van der Waals surface area contributed by atoms with Crippen molar-refractivity contribution in [1.29, 1.82) is 0 Å². The molecule has 0 bridgehead atoms. The number of carbonyl (C=O) groups is 1. The average molecular weight is 250 g/mol. The first-order valence-corrected chi connectivity index (χ1v) is 6.78. The smallest absolute Gasteiger partial charge is 0.239 e. The van der Waals surface area contributed by atoms with Crippen molar-refractivity contribution in [1.82, 2.24) is 15.1 Å². The maximum absolute atomic E-state index is 11.6. The number of nitrogens with two attached hydrogens (primary N) is 1. The van der Waals surface area contributed by atoms with Crippen LogP contribution in [0, 0.1) is 0 Å². The van der Waals surface area contributed by atoms with E-state index in [0.29, 0.717) is 6.04 Å². The predicted molar refractivity (Wildman–Crippen MR) is 69.8 cm³/mol. The highest BCUT2D eigenvalue weighted by Crippen LogP contribution is 2.22. The second-order valence-electron chi connectivity index (χ2n) is 5.02. The second-order valence-corrected chi connectivity index (χ2v) is 5.02. The molecule has 1 saturated carbocycles. The van der Waals surface area contributed by atoms with Gasteiger partial charge in [0.1, 0.15) is 6.04 Å². The summed E-state index contributed by atoms with van der Waals surface area (Å²) in [6.07, 6.45) is 9.42. The molecule has 1 unspecified atom stereocenters. The summed E-state index contributed by atoms with van der Waals surface area (Å²) in [4.78, 5) is 11.6. The van der Waals surface area contributed by atoms with Crippen molar-refractivity contribution in [2.24, 2.45) is 5.73 Å². The first-order valence-electron chi connectivity index (χ1n) is 6.78. The standard InChI is InChI=1S/C13H22N4O/c1-2-7-17-9-10(8-15-17)12(13(14)18)16-11-5-3-4-6-11/h8-9,11-12,16H,2-7H2,1H3,(H2,14,18). The van der Waals surface area contributed by atoms with Gasteiger partial charge in [0.2, 0.25) is 5.91 Å². The number of rotatable bonds is 6. The highest BCUT2D eigenvalue weighted by molar-refractivity contribution is 5.81. The number of hydrogen-bond donors (Lipinski definition) is 2. The molecule has 3 N–H and O–H groups in total. The Balaban J connectivity index is 2.05. The van der Waals surface area contributed by atoms with Crippen molar-refractivity contribution in [3.63, 3.8) is 0 Å². The third-order valence-electron chi connectivity index (χ3n) is 3.48. The highest BCUT2D eigenvalue weighted by atomic mass is 16.1. The Kier molecular flexibility index (Phi) is 4.36. The average Bonchev–Trinajstić information content (AvgIpc) is 2.96. The normalized spacial score (nSPS) is 18.1. The van der Waals surface area contributed by atoms with Crippen LogP contribution in [0.4, 0.5) is 0 Å². The maximum Gasteiger partial charge on any atom is 0.239 e. The number of nitrogens with zero attached hydrogens (tertiary/aromatic N) is 2. The number of carbonyl (C=O) groups excluding carboxylic acids is 1. The van der Waals surface area contributed by atoms with Gasteiger partial charge in [-0.2, -0.15) is 5.10 Å². The summed E-state index contributed by atoms with van der Waals surface area (Å²) < 4.78 is 1.86. The van der Waals surface area contributed by atoms with E-state index in [1.165, 1.54) is 12.8 Å². The molecule has 0 radical (unpaired) electrons. The molecular weight excluding hydrogens is 228 g/mol. The van der Waals surface area contributed by atoms with Crippen LogP contribution in [0.15, 0.2) is 12.4 Å². The van der Waals surface area contributed by atoms with Crippen molar-refractivity contribution in [3.05, 3.63) is 18.0 Å². The SMILES string of the molecule is CCCn1cc(C(NC2CCCC2)C(N)=O)cn1. The van der Waals surface area contributed by atoms with E-state index in [9.17, 15) is 4.79 Å². The molecule has 1 heterocycles. The monoisotopic (exact) mass is 250 g/mol. The van der Waals surface area contributed by atoms with Crippen molar-refractivity contribution in [2.75, 3.05) is 0 Å². The minimum atomic E-state index is -0.404. The lowest BCUT2D eigenvalue weighted by Crippen LogP contribution is -2.38. The lowest BCUT2D eigenvalue weighted by molar-refractivity contribution is -0.120. The van der Waals surface area contributed by atoms with Gasteiger partial charge < -0.3 is 5.73 Å². The summed E-state index contributed by atoms with van der Waals surface area (Å²) in [5, 5.41) is 7.61. The molecule has 0 saturated heterocycles. The number of amides is 1. The zero-order valence-corrected chi connectivity index (χ0v) is 10.9. The summed E-state index contributed by atoms with van der Waals surface area (Å²) in [6.45, 7) is 2.97. The van der Waals surface area contributed by atoms with Crippen molar-refractivity contribution < 1.29 is 4.79 Å². The van der Waals surface area contributed by atoms with E-state index < -0.39 is 6.04 Å². The van der Waals surface area contributed by atoms with E-state index in [4.69, 9.17) is 5.73 Å². The Morgan fingerprint density at radius 1 is 1.61 bits per heavy atom. The van der Waals surface area contributed by atoms with Crippen LogP contribution in [0.25, 0.3) is 0 Å². The fraction of sp³-hybridized carbons (Fsp3) is 0.692. The first kappa shape index (κ1) is 13.1. The molecule has 18 heavy (non-hydrogen) atoms. The summed E-state index contributed by atoms with van der Waals surface area (Å²) in [5.74, 6) is -0.321. The zero-order valence-electron chi connectivity index (χ0n) is 10.9. The lowest BCUT2D eigenvalue weighted by atomic mass is 10.1. The van der Waals surface area contributed by atoms with E-state index in [-0.39, 0.29) is 5.91 Å². The third kappa shape index (κ3) is 3.10. The van der Waals surface area contributed by atoms with Gasteiger partial charge in [-0.1, -0.05) is 19.8 Å². The molecule has 5 heteroatoms. The molecule has 1 aliphatic carbocycles. The molecule has 0 aliphatic heterocycles. The predicted octanol–water partition coefficient (Wildman–Crippen LogP) is 1.35. The molecule has 1 aromatic heterocycles. The summed E-state index contributed by atoms with van der Waals surface area (Å²) in [5.41, 5.74) is 6.37. The Morgan fingerprint density at radius 2 is 2.33 bits per heavy atom. The van der Waals surface area contributed by atoms with E-state index in [2.05, 4.69) is 17.3 Å². The number of primary amides is 1. The van der Waals surface area contributed by atoms with Crippen LogP contribution in [0.2, 0.25) is 0 Å². The summed E-state index contributed by atoms with van der Waals surface area (Å²) in [6, 6.07) is 0.00994. The quantitative estimate of drug-likeness (QED) is 0.800. The maximum atomic E-state index is 11.6. The number of hydrogen-bond acceptors (Lipinski definition) is 3. The Labute approximate surface area is 108 Å². The molecule has 1 amide bonds. The van der Waals surface area contributed by atoms with E-state index in [0.717, 1.165) is 31.4 Å². The highest BCUT2D eigenvalue weighted by Gasteiger charge is 2.24. The molecule has 1 aromatic rings. The fourth-order valence-corrected chi connectivity index (χ4v) is 2.55. The largest absolute Gasteiger partial charge is 0.368 e. The van der Waals surface area contributed by atoms with Crippen LogP contribution >= 0.6 is 0 Å². The van der Waals surface area contributed by atoms with Gasteiger partial charge in [0, 0.05) is 24.3 Å². The Hall–Kier alpha value is -1.36. The molecule has 0 aromatic carbocycles. The van der Waals surface area contributed by atoms with E-state index in [1.54, 1.807) is 6.20 Å². The lowest BCUT2D eigenvalue weighted by Gasteiger charge is -2.19. The minimum Gasteiger partial charge on any atom is -0.368 e. The van der Waals surface area contributed by atoms with Gasteiger partial charge >= 0.3 is 0 Å². The van der Waals surface area contributed by atoms with Crippen molar-refractivity contribution in [2.45, 2.75) is 57.7 Å². The van der Waals surface area contributed by atoms with Crippen LogP contribution < -0.4 is 11.1 Å². The topological polar surface area (TPSA) is 72.9 Å². The first-order chi connectivity index (χ1) is 8.70. The number of nitrogens with one attached hydrogen (secondary N) is 1. The van der Waals surface area contributed by atoms with E-state index in [1.807, 2.05) is 10.9 Å². The van der Waals surface area contributed by atoms with Crippen molar-refractivity contribution in [3.8, 4) is 0 Å². The van der Waals surface area contributed by atoms with Crippen LogP contribution in [0.1, 0.15) is 50.6 Å². The zero-order chi connectivity index (χ0) is 13.0. The van der Waals surface area contributed by atoms with Gasteiger partial charge in [-0.05, 0) is 19.3 Å². The van der Waals surface area contributed by atoms with Gasteiger partial charge in [-0.15, -0.1) is 0 Å². The van der Waals surface area contributed by atoms with Crippen LogP contribution in [-0.4, -0.2) is 21.7 Å². The fourth-order valence-electron chi connectivity index (χ4n) is 2.55. The van der Waals surface area contributed by atoms with Crippen LogP contribution in [0.5, 0.6) is 0 Å². The van der Waals surface area contributed by atoms with Crippen LogP contribution in [-0.2, 0) is 11.3 Å².